The zero-order valence-corrected chi connectivity index (χ0v) is 16.1. The topological polar surface area (TPSA) is 52.0 Å². The Morgan fingerprint density at radius 1 is 0.739 bits per heavy atom. The van der Waals surface area contributed by atoms with Crippen molar-refractivity contribution in [3.63, 3.8) is 0 Å². The summed E-state index contributed by atoms with van der Waals surface area (Å²) in [6.45, 7) is 9.46. The molecule has 2 saturated carbocycles. The molecule has 2 nitrogen and oxygen atoms in total. The van der Waals surface area contributed by atoms with E-state index in [1.54, 1.807) is 0 Å². The molecule has 4 N–H and O–H groups in total. The molecule has 23 heavy (non-hydrogen) atoms. The summed E-state index contributed by atoms with van der Waals surface area (Å²) in [5.74, 6) is 4.95. The van der Waals surface area contributed by atoms with Gasteiger partial charge in [0.1, 0.15) is 0 Å². The zero-order valence-electron chi connectivity index (χ0n) is 16.1. The van der Waals surface area contributed by atoms with Crippen molar-refractivity contribution in [1.82, 2.24) is 0 Å². The first-order valence-electron chi connectivity index (χ1n) is 10.5. The number of hydrogen-bond acceptors (Lipinski definition) is 2. The van der Waals surface area contributed by atoms with Crippen LogP contribution >= 0.6 is 0 Å². The van der Waals surface area contributed by atoms with Gasteiger partial charge in [0.05, 0.1) is 0 Å². The van der Waals surface area contributed by atoms with E-state index in [4.69, 9.17) is 11.5 Å². The van der Waals surface area contributed by atoms with Crippen LogP contribution in [-0.2, 0) is 0 Å². The van der Waals surface area contributed by atoms with E-state index in [1.165, 1.54) is 57.8 Å². The van der Waals surface area contributed by atoms with Crippen molar-refractivity contribution < 1.29 is 0 Å². The highest BCUT2D eigenvalue weighted by atomic mass is 14.7. The monoisotopic (exact) mass is 322 g/mol. The Morgan fingerprint density at radius 2 is 1.13 bits per heavy atom. The van der Waals surface area contributed by atoms with Gasteiger partial charge in [0.2, 0.25) is 0 Å². The van der Waals surface area contributed by atoms with Crippen molar-refractivity contribution in [3.05, 3.63) is 0 Å². The molecule has 136 valence electrons. The molecule has 2 rings (SSSR count). The summed E-state index contributed by atoms with van der Waals surface area (Å²) < 4.78 is 0. The van der Waals surface area contributed by atoms with Crippen molar-refractivity contribution >= 4 is 0 Å². The average molecular weight is 323 g/mol. The Hall–Kier alpha value is -0.0800. The van der Waals surface area contributed by atoms with Crippen LogP contribution in [-0.4, -0.2) is 12.1 Å². The fourth-order valence-corrected chi connectivity index (χ4v) is 5.45. The normalized spacial score (nSPS) is 41.5. The minimum atomic E-state index is 0.453. The van der Waals surface area contributed by atoms with Gasteiger partial charge in [0.25, 0.3) is 0 Å². The van der Waals surface area contributed by atoms with Gasteiger partial charge in [-0.1, -0.05) is 40.5 Å². The summed E-state index contributed by atoms with van der Waals surface area (Å²) in [5, 5.41) is 0. The van der Waals surface area contributed by atoms with E-state index in [0.717, 1.165) is 35.5 Å². The van der Waals surface area contributed by atoms with Gasteiger partial charge in [-0.3, -0.25) is 0 Å². The second-order valence-electron chi connectivity index (χ2n) is 9.02. The molecule has 8 atom stereocenters. The van der Waals surface area contributed by atoms with Crippen LogP contribution in [0.3, 0.4) is 0 Å². The lowest BCUT2D eigenvalue weighted by atomic mass is 9.66. The van der Waals surface area contributed by atoms with Crippen LogP contribution in [0.1, 0.15) is 85.5 Å². The highest BCUT2D eigenvalue weighted by molar-refractivity contribution is 4.89. The lowest BCUT2D eigenvalue weighted by molar-refractivity contribution is 0.117. The van der Waals surface area contributed by atoms with E-state index in [2.05, 4.69) is 27.7 Å². The zero-order chi connectivity index (χ0) is 17.0. The Kier molecular flexibility index (Phi) is 7.41. The van der Waals surface area contributed by atoms with Crippen LogP contribution in [0.25, 0.3) is 0 Å². The maximum absolute atomic E-state index is 6.43. The Balaban J connectivity index is 1.88. The predicted octanol–water partition coefficient (Wildman–Crippen LogP) is 4.96. The minimum Gasteiger partial charge on any atom is -0.327 e. The van der Waals surface area contributed by atoms with E-state index < -0.39 is 0 Å². The third-order valence-electron chi connectivity index (χ3n) is 7.54. The fourth-order valence-electron chi connectivity index (χ4n) is 5.45. The number of hydrogen-bond donors (Lipinski definition) is 2. The summed E-state index contributed by atoms with van der Waals surface area (Å²) in [6, 6.07) is 0.905. The molecule has 0 heterocycles. The predicted molar refractivity (Wildman–Crippen MR) is 101 cm³/mol. The van der Waals surface area contributed by atoms with Crippen LogP contribution in [0.15, 0.2) is 0 Å². The van der Waals surface area contributed by atoms with Gasteiger partial charge < -0.3 is 11.5 Å². The highest BCUT2D eigenvalue weighted by Gasteiger charge is 2.35. The van der Waals surface area contributed by atoms with Crippen molar-refractivity contribution in [2.45, 2.75) is 97.6 Å². The van der Waals surface area contributed by atoms with Crippen molar-refractivity contribution in [2.75, 3.05) is 0 Å². The van der Waals surface area contributed by atoms with Crippen LogP contribution < -0.4 is 11.5 Å². The van der Waals surface area contributed by atoms with Crippen molar-refractivity contribution in [3.8, 4) is 0 Å². The van der Waals surface area contributed by atoms with E-state index in [-0.39, 0.29) is 0 Å². The van der Waals surface area contributed by atoms with Crippen LogP contribution in [0.5, 0.6) is 0 Å². The summed E-state index contributed by atoms with van der Waals surface area (Å²) in [5.41, 5.74) is 12.9. The quantitative estimate of drug-likeness (QED) is 0.726. The first kappa shape index (κ1) is 19.2. The molecule has 2 heteroatoms. The Morgan fingerprint density at radius 3 is 1.48 bits per heavy atom. The molecule has 0 spiro atoms. The smallest absolute Gasteiger partial charge is 0.00699 e. The molecule has 0 aromatic rings. The summed E-state index contributed by atoms with van der Waals surface area (Å²) in [4.78, 5) is 0. The molecule has 0 radical (unpaired) electrons. The van der Waals surface area contributed by atoms with Gasteiger partial charge in [0.15, 0.2) is 0 Å². The third-order valence-corrected chi connectivity index (χ3v) is 7.54. The molecule has 8 unspecified atom stereocenters. The minimum absolute atomic E-state index is 0.453. The first-order valence-corrected chi connectivity index (χ1v) is 10.5. The SMILES string of the molecule is CCC(C)C1CC(CC2CCC(N)C(C(C)CC)C2)CCC1N. The molecule has 2 fully saturated rings. The lowest BCUT2D eigenvalue weighted by Crippen LogP contribution is -2.42. The Labute approximate surface area is 145 Å². The summed E-state index contributed by atoms with van der Waals surface area (Å²) >= 11 is 0. The van der Waals surface area contributed by atoms with Gasteiger partial charge in [-0.05, 0) is 80.5 Å². The largest absolute Gasteiger partial charge is 0.327 e. The fraction of sp³-hybridized carbons (Fsp3) is 1.00. The maximum atomic E-state index is 6.43. The molecule has 2 aliphatic carbocycles. The van der Waals surface area contributed by atoms with Crippen LogP contribution in [0, 0.1) is 35.5 Å². The van der Waals surface area contributed by atoms with Crippen LogP contribution in [0.4, 0.5) is 0 Å². The van der Waals surface area contributed by atoms with Gasteiger partial charge >= 0.3 is 0 Å². The molecule has 0 bridgehead atoms. The number of nitrogens with two attached hydrogens (primary N) is 2. The van der Waals surface area contributed by atoms with E-state index in [1.807, 2.05) is 0 Å². The molecule has 2 aliphatic rings. The van der Waals surface area contributed by atoms with Crippen molar-refractivity contribution in [2.24, 2.45) is 47.0 Å². The molecular weight excluding hydrogens is 280 g/mol. The standard InChI is InChI=1S/C21H42N2/c1-5-14(3)18-12-16(7-9-20(18)22)11-17-8-10-21(23)19(13-17)15(4)6-2/h14-21H,5-13,22-23H2,1-4H3. The second kappa shape index (κ2) is 8.85. The van der Waals surface area contributed by atoms with Crippen LogP contribution in [0.2, 0.25) is 0 Å². The molecule has 0 amide bonds. The lowest BCUT2D eigenvalue weighted by Gasteiger charge is -2.42. The average Bonchev–Trinajstić information content (AvgIpc) is 2.56. The van der Waals surface area contributed by atoms with Gasteiger partial charge in [-0.15, -0.1) is 0 Å². The van der Waals surface area contributed by atoms with E-state index in [9.17, 15) is 0 Å². The second-order valence-corrected chi connectivity index (χ2v) is 9.02. The maximum Gasteiger partial charge on any atom is 0.00699 e. The number of rotatable bonds is 6. The molecule has 0 aliphatic heterocycles. The van der Waals surface area contributed by atoms with Gasteiger partial charge in [-0.25, -0.2) is 0 Å². The highest BCUT2D eigenvalue weighted by Crippen LogP contribution is 2.42. The third kappa shape index (κ3) is 4.95. The van der Waals surface area contributed by atoms with E-state index >= 15 is 0 Å². The molecule has 0 aromatic heterocycles. The van der Waals surface area contributed by atoms with Gasteiger partial charge in [0, 0.05) is 12.1 Å². The van der Waals surface area contributed by atoms with Gasteiger partial charge in [-0.2, -0.15) is 0 Å². The summed E-state index contributed by atoms with van der Waals surface area (Å²) in [7, 11) is 0. The van der Waals surface area contributed by atoms with Crippen molar-refractivity contribution in [1.29, 1.82) is 0 Å². The first-order chi connectivity index (χ1) is 11.0. The molecule has 0 saturated heterocycles. The molecular formula is C21H42N2. The van der Waals surface area contributed by atoms with E-state index in [0.29, 0.717) is 12.1 Å². The summed E-state index contributed by atoms with van der Waals surface area (Å²) in [6.07, 6.45) is 12.0. The molecule has 0 aromatic carbocycles. The Bertz CT molecular complexity index is 303.